The van der Waals surface area contributed by atoms with E-state index in [9.17, 15) is 19.1 Å². The lowest BCUT2D eigenvalue weighted by molar-refractivity contribution is -0.154. The van der Waals surface area contributed by atoms with E-state index in [-0.39, 0.29) is 30.9 Å². The average molecular weight is 429 g/mol. The molecule has 0 amide bonds. The van der Waals surface area contributed by atoms with Crippen molar-refractivity contribution in [3.8, 4) is 0 Å². The van der Waals surface area contributed by atoms with E-state index in [2.05, 4.69) is 15.0 Å². The van der Waals surface area contributed by atoms with E-state index < -0.39 is 31.7 Å². The van der Waals surface area contributed by atoms with Crippen LogP contribution in [0.3, 0.4) is 0 Å². The van der Waals surface area contributed by atoms with Gasteiger partial charge in [0.25, 0.3) is 5.85 Å². The van der Waals surface area contributed by atoms with E-state index in [1.807, 2.05) is 13.8 Å². The largest absolute Gasteiger partial charge is 0.464 e. The van der Waals surface area contributed by atoms with Crippen LogP contribution in [-0.2, 0) is 23.6 Å². The minimum absolute atomic E-state index is 0.00621. The van der Waals surface area contributed by atoms with E-state index in [4.69, 9.17) is 19.9 Å². The molecule has 3 heterocycles. The number of imidazole rings is 1. The Morgan fingerprint density at radius 1 is 1.34 bits per heavy atom. The number of esters is 1. The van der Waals surface area contributed by atoms with Crippen molar-refractivity contribution in [3.63, 3.8) is 0 Å². The van der Waals surface area contributed by atoms with Gasteiger partial charge in [-0.05, 0) is 12.8 Å². The smallest absolute Gasteiger partial charge is 0.365 e. The van der Waals surface area contributed by atoms with Crippen LogP contribution in [0.4, 0.5) is 5.82 Å². The predicted octanol–water partition coefficient (Wildman–Crippen LogP) is 0.662. The molecule has 1 fully saturated rings. The molecule has 2 aromatic heterocycles. The Hall–Kier alpha value is -2.11. The van der Waals surface area contributed by atoms with Gasteiger partial charge in [0.15, 0.2) is 11.5 Å². The molecule has 2 aromatic rings. The van der Waals surface area contributed by atoms with Gasteiger partial charge in [-0.25, -0.2) is 19.7 Å². The van der Waals surface area contributed by atoms with Gasteiger partial charge in [0, 0.05) is 5.92 Å². The van der Waals surface area contributed by atoms with Crippen molar-refractivity contribution >= 4 is 30.5 Å². The summed E-state index contributed by atoms with van der Waals surface area (Å²) in [7, 11) is -4.85. The first-order valence-electron chi connectivity index (χ1n) is 9.07. The Kier molecular flexibility index (Phi) is 6.20. The molecule has 3 rings (SSSR count). The highest BCUT2D eigenvalue weighted by atomic mass is 31.2. The van der Waals surface area contributed by atoms with Gasteiger partial charge in [-0.3, -0.25) is 9.13 Å². The van der Waals surface area contributed by atoms with Crippen molar-refractivity contribution in [1.82, 2.24) is 19.5 Å². The molecule has 0 radical (unpaired) electrons. The first-order valence-corrected chi connectivity index (χ1v) is 10.7. The van der Waals surface area contributed by atoms with Crippen LogP contribution in [0.25, 0.3) is 11.2 Å². The van der Waals surface area contributed by atoms with Crippen molar-refractivity contribution in [2.75, 3.05) is 18.9 Å². The molecule has 4 N–H and O–H groups in total. The fourth-order valence-corrected chi connectivity index (χ4v) is 3.92. The number of ether oxygens (including phenoxy) is 3. The Balaban J connectivity index is 1.76. The molecule has 1 aliphatic rings. The van der Waals surface area contributed by atoms with E-state index in [0.29, 0.717) is 11.2 Å². The third-order valence-corrected chi connectivity index (χ3v) is 6.02. The number of hydrogen-bond donors (Lipinski definition) is 3. The van der Waals surface area contributed by atoms with Crippen LogP contribution in [-0.4, -0.2) is 60.4 Å². The number of anilines is 1. The standard InChI is InChI=1S/C16H24N5O7P/c1-4-26-15(22)16(29(23,24)25)27-5-10-8(2)9(3)14(28-10)21-7-20-11-12(17)18-6-19-13(11)21/h6-10,14,16H,4-5H2,1-3H3,(H2,17,18,19)(H2,23,24,25). The third kappa shape index (κ3) is 4.26. The highest BCUT2D eigenvalue weighted by Crippen LogP contribution is 2.44. The van der Waals surface area contributed by atoms with E-state index >= 15 is 0 Å². The summed E-state index contributed by atoms with van der Waals surface area (Å²) in [5.41, 5.74) is 6.80. The Bertz CT molecular complexity index is 932. The van der Waals surface area contributed by atoms with Crippen LogP contribution in [0.2, 0.25) is 0 Å². The van der Waals surface area contributed by atoms with Crippen LogP contribution in [0, 0.1) is 11.8 Å². The van der Waals surface area contributed by atoms with Crippen LogP contribution in [0.1, 0.15) is 27.0 Å². The summed E-state index contributed by atoms with van der Waals surface area (Å²) in [5, 5.41) is 0. The summed E-state index contributed by atoms with van der Waals surface area (Å²) in [5.74, 6) is -2.89. The van der Waals surface area contributed by atoms with Gasteiger partial charge >= 0.3 is 13.6 Å². The van der Waals surface area contributed by atoms with Gasteiger partial charge in [0.2, 0.25) is 0 Å². The predicted molar refractivity (Wildman–Crippen MR) is 100 cm³/mol. The van der Waals surface area contributed by atoms with Crippen molar-refractivity contribution in [1.29, 1.82) is 0 Å². The van der Waals surface area contributed by atoms with Crippen LogP contribution < -0.4 is 5.73 Å². The molecular formula is C16H24N5O7P. The van der Waals surface area contributed by atoms with Crippen LogP contribution in [0.15, 0.2) is 12.7 Å². The minimum atomic E-state index is -4.85. The lowest BCUT2D eigenvalue weighted by Gasteiger charge is -2.21. The molecule has 0 bridgehead atoms. The summed E-state index contributed by atoms with van der Waals surface area (Å²) in [6, 6.07) is 0. The fourth-order valence-electron chi connectivity index (χ4n) is 3.29. The molecule has 0 aliphatic carbocycles. The van der Waals surface area contributed by atoms with Crippen molar-refractivity contribution in [3.05, 3.63) is 12.7 Å². The van der Waals surface area contributed by atoms with E-state index in [1.54, 1.807) is 10.9 Å². The SMILES string of the molecule is CCOC(=O)C(OCC1OC(n2cnc3c(N)ncnc32)C(C)C1C)P(=O)(O)O. The first-order chi connectivity index (χ1) is 13.6. The fraction of sp³-hybridized carbons (Fsp3) is 0.625. The van der Waals surface area contributed by atoms with Crippen LogP contribution in [0.5, 0.6) is 0 Å². The molecule has 5 atom stereocenters. The Morgan fingerprint density at radius 2 is 2.07 bits per heavy atom. The maximum absolute atomic E-state index is 11.9. The number of aromatic nitrogens is 4. The van der Waals surface area contributed by atoms with Crippen molar-refractivity contribution < 1.29 is 33.4 Å². The van der Waals surface area contributed by atoms with Gasteiger partial charge in [0.1, 0.15) is 18.1 Å². The molecule has 0 spiro atoms. The molecule has 1 aliphatic heterocycles. The maximum Gasteiger partial charge on any atom is 0.365 e. The zero-order valence-corrected chi connectivity index (χ0v) is 17.1. The number of hydrogen-bond acceptors (Lipinski definition) is 9. The summed E-state index contributed by atoms with van der Waals surface area (Å²) >= 11 is 0. The monoisotopic (exact) mass is 429 g/mol. The number of carbonyl (C=O) groups is 1. The zero-order chi connectivity index (χ0) is 21.3. The van der Waals surface area contributed by atoms with Crippen molar-refractivity contribution in [2.24, 2.45) is 11.8 Å². The second-order valence-corrected chi connectivity index (χ2v) is 8.54. The van der Waals surface area contributed by atoms with Gasteiger partial charge in [-0.2, -0.15) is 0 Å². The normalized spacial score (nSPS) is 26.0. The zero-order valence-electron chi connectivity index (χ0n) is 16.2. The Morgan fingerprint density at radius 3 is 2.72 bits per heavy atom. The third-order valence-electron chi connectivity index (χ3n) is 5.05. The molecule has 160 valence electrons. The highest BCUT2D eigenvalue weighted by molar-refractivity contribution is 7.53. The van der Waals surface area contributed by atoms with E-state index in [1.165, 1.54) is 13.3 Å². The summed E-state index contributed by atoms with van der Waals surface area (Å²) in [6.45, 7) is 5.22. The molecule has 5 unspecified atom stereocenters. The number of nitrogens with two attached hydrogens (primary N) is 1. The Labute approximate surface area is 166 Å². The number of nitrogens with zero attached hydrogens (tertiary/aromatic N) is 4. The lowest BCUT2D eigenvalue weighted by atomic mass is 9.93. The molecular weight excluding hydrogens is 405 g/mol. The molecule has 0 aromatic carbocycles. The van der Waals surface area contributed by atoms with Crippen LogP contribution >= 0.6 is 7.60 Å². The topological polar surface area (TPSA) is 172 Å². The second-order valence-electron chi connectivity index (χ2n) is 6.89. The average Bonchev–Trinajstić information content (AvgIpc) is 3.18. The van der Waals surface area contributed by atoms with E-state index in [0.717, 1.165) is 0 Å². The molecule has 0 saturated carbocycles. The minimum Gasteiger partial charge on any atom is -0.464 e. The van der Waals surface area contributed by atoms with Gasteiger partial charge in [-0.15, -0.1) is 0 Å². The number of nitrogen functional groups attached to an aromatic ring is 1. The highest BCUT2D eigenvalue weighted by Gasteiger charge is 2.44. The second kappa shape index (κ2) is 8.33. The van der Waals surface area contributed by atoms with Crippen molar-refractivity contribution in [2.45, 2.75) is 38.9 Å². The summed E-state index contributed by atoms with van der Waals surface area (Å²) in [6.07, 6.45) is 1.93. The molecule has 12 nitrogen and oxygen atoms in total. The van der Waals surface area contributed by atoms with Gasteiger partial charge in [-0.1, -0.05) is 13.8 Å². The summed E-state index contributed by atoms with van der Waals surface area (Å²) < 4.78 is 29.4. The first kappa shape index (κ1) is 21.6. The quantitative estimate of drug-likeness (QED) is 0.417. The maximum atomic E-state index is 11.9. The number of carbonyl (C=O) groups excluding carboxylic acids is 1. The number of fused-ring (bicyclic) bond motifs is 1. The summed E-state index contributed by atoms with van der Waals surface area (Å²) in [4.78, 5) is 43.1. The number of rotatable bonds is 7. The van der Waals surface area contributed by atoms with Gasteiger partial charge in [0.05, 0.1) is 25.6 Å². The lowest BCUT2D eigenvalue weighted by Crippen LogP contribution is -2.32. The molecule has 13 heteroatoms. The molecule has 1 saturated heterocycles. The van der Waals surface area contributed by atoms with Gasteiger partial charge < -0.3 is 29.7 Å². The molecule has 29 heavy (non-hydrogen) atoms.